The topological polar surface area (TPSA) is 43.6 Å². The van der Waals surface area contributed by atoms with Crippen molar-refractivity contribution in [1.29, 1.82) is 0 Å². The molecule has 14 heavy (non-hydrogen) atoms. The summed E-state index contributed by atoms with van der Waals surface area (Å²) in [6, 6.07) is 0. The highest BCUT2D eigenvalue weighted by molar-refractivity contribution is 6.16. The Morgan fingerprint density at radius 2 is 2.14 bits per heavy atom. The van der Waals surface area contributed by atoms with E-state index in [4.69, 9.17) is 11.6 Å². The molecular weight excluding hydrogens is 200 g/mol. The van der Waals surface area contributed by atoms with Crippen LogP contribution in [0.15, 0.2) is 0 Å². The van der Waals surface area contributed by atoms with Crippen LogP contribution in [0.2, 0.25) is 0 Å². The van der Waals surface area contributed by atoms with Crippen molar-refractivity contribution in [3.05, 3.63) is 5.82 Å². The molecule has 2 rings (SSSR count). The van der Waals surface area contributed by atoms with Gasteiger partial charge in [0.15, 0.2) is 5.82 Å². The maximum absolute atomic E-state index is 5.74. The van der Waals surface area contributed by atoms with E-state index in [-0.39, 0.29) is 0 Å². The molecule has 0 N–H and O–H groups in total. The molecule has 1 aromatic heterocycles. The van der Waals surface area contributed by atoms with Crippen LogP contribution in [-0.2, 0) is 12.4 Å². The van der Waals surface area contributed by atoms with Gasteiger partial charge >= 0.3 is 0 Å². The second-order valence-corrected chi connectivity index (χ2v) is 4.67. The van der Waals surface area contributed by atoms with Crippen molar-refractivity contribution in [2.75, 3.05) is 0 Å². The van der Waals surface area contributed by atoms with Crippen LogP contribution < -0.4 is 0 Å². The predicted molar refractivity (Wildman–Crippen MR) is 53.9 cm³/mol. The molecule has 1 heterocycles. The van der Waals surface area contributed by atoms with Crippen LogP contribution >= 0.6 is 11.6 Å². The van der Waals surface area contributed by atoms with E-state index in [1.807, 2.05) is 4.68 Å². The molecule has 0 radical (unpaired) electrons. The number of hydrogen-bond donors (Lipinski definition) is 0. The minimum atomic E-state index is 0.371. The van der Waals surface area contributed by atoms with Gasteiger partial charge in [0.1, 0.15) is 0 Å². The van der Waals surface area contributed by atoms with E-state index in [2.05, 4.69) is 22.4 Å². The summed E-state index contributed by atoms with van der Waals surface area (Å²) in [7, 11) is 0. The first kappa shape index (κ1) is 9.90. The van der Waals surface area contributed by atoms with Crippen LogP contribution in [0.3, 0.4) is 0 Å². The van der Waals surface area contributed by atoms with Crippen LogP contribution in [-0.4, -0.2) is 20.2 Å². The molecule has 1 aliphatic rings. The van der Waals surface area contributed by atoms with Gasteiger partial charge in [-0.15, -0.1) is 16.7 Å². The minimum absolute atomic E-state index is 0.371. The molecule has 0 saturated heterocycles. The molecule has 4 nitrogen and oxygen atoms in total. The first-order valence-corrected chi connectivity index (χ1v) is 5.58. The average Bonchev–Trinajstić information content (AvgIpc) is 2.75. The third-order valence-electron chi connectivity index (χ3n) is 3.07. The number of aromatic nitrogens is 4. The number of hydrogen-bond acceptors (Lipinski definition) is 3. The van der Waals surface area contributed by atoms with Crippen molar-refractivity contribution >= 4 is 11.6 Å². The van der Waals surface area contributed by atoms with Crippen LogP contribution in [0.25, 0.3) is 0 Å². The Morgan fingerprint density at radius 1 is 1.43 bits per heavy atom. The molecule has 1 fully saturated rings. The van der Waals surface area contributed by atoms with Crippen LogP contribution in [0, 0.1) is 5.41 Å². The van der Waals surface area contributed by atoms with Gasteiger partial charge < -0.3 is 0 Å². The van der Waals surface area contributed by atoms with Gasteiger partial charge in [-0.3, -0.25) is 0 Å². The maximum Gasteiger partial charge on any atom is 0.166 e. The number of rotatable bonds is 3. The Hall–Kier alpha value is -0.640. The summed E-state index contributed by atoms with van der Waals surface area (Å²) in [5.74, 6) is 1.17. The highest BCUT2D eigenvalue weighted by Gasteiger charge is 2.30. The molecule has 1 saturated carbocycles. The van der Waals surface area contributed by atoms with E-state index < -0.39 is 0 Å². The summed E-state index contributed by atoms with van der Waals surface area (Å²) in [6.07, 6.45) is 5.20. The molecule has 0 amide bonds. The lowest BCUT2D eigenvalue weighted by atomic mass is 9.89. The lowest BCUT2D eigenvalue weighted by Crippen LogP contribution is -2.21. The van der Waals surface area contributed by atoms with Crippen molar-refractivity contribution in [3.8, 4) is 0 Å². The lowest BCUT2D eigenvalue weighted by molar-refractivity contribution is 0.262. The minimum Gasteiger partial charge on any atom is -0.228 e. The highest BCUT2D eigenvalue weighted by atomic mass is 35.5. The Labute approximate surface area is 88.6 Å². The van der Waals surface area contributed by atoms with Crippen LogP contribution in [0.4, 0.5) is 0 Å². The van der Waals surface area contributed by atoms with Gasteiger partial charge in [0.2, 0.25) is 0 Å². The number of nitrogens with zero attached hydrogens (tertiary/aromatic N) is 4. The van der Waals surface area contributed by atoms with Crippen LogP contribution in [0.1, 0.15) is 38.4 Å². The normalized spacial score (nSPS) is 20.1. The van der Waals surface area contributed by atoms with Gasteiger partial charge in [0, 0.05) is 0 Å². The third-order valence-corrected chi connectivity index (χ3v) is 3.31. The average molecular weight is 215 g/mol. The standard InChI is InChI=1S/C9H15ClN4/c1-9(4-2-3-5-9)7-14-8(6-10)11-12-13-14/h2-7H2,1H3. The molecule has 5 heteroatoms. The lowest BCUT2D eigenvalue weighted by Gasteiger charge is -2.22. The van der Waals surface area contributed by atoms with Crippen molar-refractivity contribution in [2.45, 2.75) is 45.0 Å². The number of alkyl halides is 1. The van der Waals surface area contributed by atoms with Gasteiger partial charge in [-0.25, -0.2) is 4.68 Å². The van der Waals surface area contributed by atoms with Gasteiger partial charge in [-0.05, 0) is 28.7 Å². The van der Waals surface area contributed by atoms with Crippen molar-refractivity contribution in [1.82, 2.24) is 20.2 Å². The molecule has 0 aliphatic heterocycles. The van der Waals surface area contributed by atoms with Gasteiger partial charge in [0.25, 0.3) is 0 Å². The summed E-state index contributed by atoms with van der Waals surface area (Å²) in [4.78, 5) is 0. The Morgan fingerprint density at radius 3 is 2.79 bits per heavy atom. The monoisotopic (exact) mass is 214 g/mol. The first-order valence-electron chi connectivity index (χ1n) is 5.04. The smallest absolute Gasteiger partial charge is 0.166 e. The zero-order valence-electron chi connectivity index (χ0n) is 8.41. The van der Waals surface area contributed by atoms with Gasteiger partial charge in [-0.2, -0.15) is 0 Å². The number of tetrazole rings is 1. The zero-order chi connectivity index (χ0) is 10.0. The molecule has 0 atom stereocenters. The predicted octanol–water partition coefficient (Wildman–Crippen LogP) is 1.99. The third kappa shape index (κ3) is 1.90. The fourth-order valence-corrected chi connectivity index (χ4v) is 2.38. The van der Waals surface area contributed by atoms with Crippen molar-refractivity contribution < 1.29 is 0 Å². The van der Waals surface area contributed by atoms with Crippen molar-refractivity contribution in [3.63, 3.8) is 0 Å². The van der Waals surface area contributed by atoms with E-state index in [1.165, 1.54) is 25.7 Å². The summed E-state index contributed by atoms with van der Waals surface area (Å²) in [5, 5.41) is 11.5. The summed E-state index contributed by atoms with van der Waals surface area (Å²) in [6.45, 7) is 3.21. The molecule has 78 valence electrons. The summed E-state index contributed by atoms with van der Waals surface area (Å²) in [5.41, 5.74) is 0.371. The van der Waals surface area contributed by atoms with Crippen molar-refractivity contribution in [2.24, 2.45) is 5.41 Å². The van der Waals surface area contributed by atoms with E-state index in [0.29, 0.717) is 11.3 Å². The van der Waals surface area contributed by atoms with E-state index in [1.54, 1.807) is 0 Å². The Balaban J connectivity index is 2.09. The Kier molecular flexibility index (Phi) is 2.72. The molecular formula is C9H15ClN4. The Bertz CT molecular complexity index is 304. The quantitative estimate of drug-likeness (QED) is 0.723. The second kappa shape index (κ2) is 3.85. The SMILES string of the molecule is CC1(Cn2nnnc2CCl)CCCC1. The van der Waals surface area contributed by atoms with Gasteiger partial charge in [0.05, 0.1) is 12.4 Å². The molecule has 0 spiro atoms. The first-order chi connectivity index (χ1) is 6.73. The highest BCUT2D eigenvalue weighted by Crippen LogP contribution is 2.38. The second-order valence-electron chi connectivity index (χ2n) is 4.40. The van der Waals surface area contributed by atoms with Crippen LogP contribution in [0.5, 0.6) is 0 Å². The summed E-state index contributed by atoms with van der Waals surface area (Å²) < 4.78 is 1.85. The molecule has 1 aliphatic carbocycles. The molecule has 0 unspecified atom stereocenters. The maximum atomic E-state index is 5.74. The molecule has 0 aromatic carbocycles. The largest absolute Gasteiger partial charge is 0.228 e. The van der Waals surface area contributed by atoms with E-state index in [0.717, 1.165) is 12.4 Å². The molecule has 0 bridgehead atoms. The number of halogens is 1. The zero-order valence-corrected chi connectivity index (χ0v) is 9.17. The summed E-state index contributed by atoms with van der Waals surface area (Å²) >= 11 is 5.74. The van der Waals surface area contributed by atoms with E-state index >= 15 is 0 Å². The fraction of sp³-hybridized carbons (Fsp3) is 0.889. The molecule has 1 aromatic rings. The fourth-order valence-electron chi connectivity index (χ4n) is 2.19. The van der Waals surface area contributed by atoms with Gasteiger partial charge in [-0.1, -0.05) is 19.8 Å². The van der Waals surface area contributed by atoms with E-state index in [9.17, 15) is 0 Å².